The van der Waals surface area contributed by atoms with Crippen LogP contribution in [0.3, 0.4) is 0 Å². The lowest BCUT2D eigenvalue weighted by Crippen LogP contribution is -2.10. The summed E-state index contributed by atoms with van der Waals surface area (Å²) in [5.41, 5.74) is 7.07. The summed E-state index contributed by atoms with van der Waals surface area (Å²) in [6.45, 7) is 0. The second-order valence-electron chi connectivity index (χ2n) is 12.9. The van der Waals surface area contributed by atoms with Crippen molar-refractivity contribution in [2.75, 3.05) is 4.90 Å². The minimum Gasteiger partial charge on any atom is -0.309 e. The molecule has 0 saturated heterocycles. The van der Waals surface area contributed by atoms with Gasteiger partial charge in [0.25, 0.3) is 0 Å². The van der Waals surface area contributed by atoms with Gasteiger partial charge in [0.05, 0.1) is 21.4 Å². The number of anilines is 3. The van der Waals surface area contributed by atoms with E-state index >= 15 is 0 Å². The zero-order valence-electron chi connectivity index (χ0n) is 26.9. The van der Waals surface area contributed by atoms with Gasteiger partial charge in [0, 0.05) is 63.5 Å². The summed E-state index contributed by atoms with van der Waals surface area (Å²) < 4.78 is 7.65. The first-order valence-corrected chi connectivity index (χ1v) is 18.6. The maximum absolute atomic E-state index is 2.48. The molecule has 0 aliphatic heterocycles. The predicted molar refractivity (Wildman–Crippen MR) is 219 cm³/mol. The van der Waals surface area contributed by atoms with Crippen LogP contribution in [0.1, 0.15) is 0 Å². The van der Waals surface area contributed by atoms with Gasteiger partial charge >= 0.3 is 0 Å². The van der Waals surface area contributed by atoms with E-state index < -0.39 is 0 Å². The molecule has 8 aromatic carbocycles. The number of rotatable bonds is 4. The fourth-order valence-corrected chi connectivity index (χ4v) is 10.3. The SMILES string of the molecule is c1ccc(-n2c3ccccc3c3cc(N(c4ccc5sc6c7ccccc7ccc6c5c4)c4cccc5c4sc4ccccc45)ccc32)cc1. The second-order valence-corrected chi connectivity index (χ2v) is 15.0. The summed E-state index contributed by atoms with van der Waals surface area (Å²) in [5, 5.41) is 10.3. The Kier molecular flexibility index (Phi) is 6.03. The van der Waals surface area contributed by atoms with Crippen LogP contribution in [-0.2, 0) is 0 Å². The Labute approximate surface area is 296 Å². The van der Waals surface area contributed by atoms with E-state index in [1.54, 1.807) is 0 Å². The van der Waals surface area contributed by atoms with Gasteiger partial charge in [-0.15, -0.1) is 22.7 Å². The van der Waals surface area contributed by atoms with Crippen LogP contribution in [0.2, 0.25) is 0 Å². The molecule has 0 unspecified atom stereocenters. The summed E-state index contributed by atoms with van der Waals surface area (Å²) in [5.74, 6) is 0. The molecule has 0 amide bonds. The van der Waals surface area contributed by atoms with Gasteiger partial charge in [-0.3, -0.25) is 0 Å². The number of nitrogens with zero attached hydrogens (tertiary/aromatic N) is 2. The first-order valence-electron chi connectivity index (χ1n) is 16.9. The highest BCUT2D eigenvalue weighted by atomic mass is 32.1. The average Bonchev–Trinajstić information content (AvgIpc) is 3.85. The number of thiophene rings is 2. The van der Waals surface area contributed by atoms with Gasteiger partial charge in [0.15, 0.2) is 0 Å². The van der Waals surface area contributed by atoms with E-state index in [-0.39, 0.29) is 0 Å². The number of hydrogen-bond acceptors (Lipinski definition) is 3. The van der Waals surface area contributed by atoms with Gasteiger partial charge in [0.1, 0.15) is 0 Å². The topological polar surface area (TPSA) is 8.17 Å². The summed E-state index contributed by atoms with van der Waals surface area (Å²) in [4.78, 5) is 2.48. The predicted octanol–water partition coefficient (Wildman–Crippen LogP) is 14.1. The van der Waals surface area contributed by atoms with Crippen LogP contribution in [0.25, 0.3) is 78.6 Å². The third-order valence-electron chi connectivity index (χ3n) is 10.2. The standard InChI is InChI=1S/C46H28N2S2/c1-2-12-30(13-3-1)48-40-18-8-6-15-34(40)38-27-31(22-25-41(38)48)47(42-19-10-17-36-35-16-7-9-20-43(35)50-46(36)42)32-23-26-44-39(28-32)37-24-21-29-11-4-5-14-33(29)45(37)49-44/h1-28H. The van der Waals surface area contributed by atoms with Gasteiger partial charge in [-0.2, -0.15) is 0 Å². The molecule has 11 rings (SSSR count). The zero-order valence-corrected chi connectivity index (χ0v) is 28.5. The van der Waals surface area contributed by atoms with Crippen LogP contribution in [0.4, 0.5) is 17.1 Å². The first-order chi connectivity index (χ1) is 24.8. The largest absolute Gasteiger partial charge is 0.309 e. The maximum Gasteiger partial charge on any atom is 0.0640 e. The van der Waals surface area contributed by atoms with Crippen LogP contribution in [0.15, 0.2) is 170 Å². The summed E-state index contributed by atoms with van der Waals surface area (Å²) in [6.07, 6.45) is 0. The summed E-state index contributed by atoms with van der Waals surface area (Å²) >= 11 is 3.77. The van der Waals surface area contributed by atoms with Crippen molar-refractivity contribution in [3.8, 4) is 5.69 Å². The van der Waals surface area contributed by atoms with E-state index in [0.717, 1.165) is 11.4 Å². The number of para-hydroxylation sites is 2. The molecule has 234 valence electrons. The van der Waals surface area contributed by atoms with Crippen molar-refractivity contribution in [1.82, 2.24) is 4.57 Å². The van der Waals surface area contributed by atoms with Crippen LogP contribution in [-0.4, -0.2) is 4.57 Å². The molecule has 0 saturated carbocycles. The van der Waals surface area contributed by atoms with Gasteiger partial charge < -0.3 is 9.47 Å². The van der Waals surface area contributed by atoms with E-state index in [4.69, 9.17) is 0 Å². The van der Waals surface area contributed by atoms with Crippen molar-refractivity contribution in [3.05, 3.63) is 170 Å². The van der Waals surface area contributed by atoms with Crippen LogP contribution >= 0.6 is 22.7 Å². The normalized spacial score (nSPS) is 12.0. The third-order valence-corrected chi connectivity index (χ3v) is 12.6. The second kappa shape index (κ2) is 10.8. The highest BCUT2D eigenvalue weighted by Gasteiger charge is 2.21. The van der Waals surface area contributed by atoms with Gasteiger partial charge in [0.2, 0.25) is 0 Å². The Hall–Kier alpha value is -5.94. The quantitative estimate of drug-likeness (QED) is 0.181. The number of fused-ring (bicyclic) bond motifs is 11. The molecule has 0 bridgehead atoms. The van der Waals surface area contributed by atoms with E-state index in [1.807, 2.05) is 22.7 Å². The lowest BCUT2D eigenvalue weighted by Gasteiger charge is -2.26. The van der Waals surface area contributed by atoms with Crippen molar-refractivity contribution in [2.45, 2.75) is 0 Å². The minimum absolute atomic E-state index is 1.14. The van der Waals surface area contributed by atoms with E-state index in [0.29, 0.717) is 0 Å². The van der Waals surface area contributed by atoms with Crippen LogP contribution in [0, 0.1) is 0 Å². The monoisotopic (exact) mass is 672 g/mol. The highest BCUT2D eigenvalue weighted by Crippen LogP contribution is 2.48. The van der Waals surface area contributed by atoms with Crippen molar-refractivity contribution in [2.24, 2.45) is 0 Å². The van der Waals surface area contributed by atoms with E-state index in [2.05, 4.69) is 179 Å². The molecule has 3 heterocycles. The molecule has 0 radical (unpaired) electrons. The van der Waals surface area contributed by atoms with Crippen molar-refractivity contribution < 1.29 is 0 Å². The average molecular weight is 673 g/mol. The fraction of sp³-hybridized carbons (Fsp3) is 0. The summed E-state index contributed by atoms with van der Waals surface area (Å²) in [7, 11) is 0. The van der Waals surface area contributed by atoms with Gasteiger partial charge in [-0.25, -0.2) is 0 Å². The molecule has 0 spiro atoms. The first kappa shape index (κ1) is 28.0. The highest BCUT2D eigenvalue weighted by molar-refractivity contribution is 7.27. The Morgan fingerprint density at radius 3 is 1.92 bits per heavy atom. The third kappa shape index (κ3) is 4.07. The molecule has 0 aliphatic rings. The number of aromatic nitrogens is 1. The number of benzene rings is 8. The zero-order chi connectivity index (χ0) is 32.8. The lowest BCUT2D eigenvalue weighted by atomic mass is 10.0. The minimum atomic E-state index is 1.14. The van der Waals surface area contributed by atoms with Crippen LogP contribution < -0.4 is 4.90 Å². The molecule has 3 aromatic heterocycles. The molecule has 0 fully saturated rings. The molecule has 2 nitrogen and oxygen atoms in total. The Morgan fingerprint density at radius 1 is 0.380 bits per heavy atom. The molecule has 11 aromatic rings. The Balaban J connectivity index is 1.20. The van der Waals surface area contributed by atoms with Gasteiger partial charge in [-0.1, -0.05) is 103 Å². The smallest absolute Gasteiger partial charge is 0.0640 e. The maximum atomic E-state index is 2.48. The molecule has 0 atom stereocenters. The molecular weight excluding hydrogens is 645 g/mol. The molecule has 0 N–H and O–H groups in total. The number of hydrogen-bond donors (Lipinski definition) is 0. The molecule has 4 heteroatoms. The van der Waals surface area contributed by atoms with E-state index in [1.165, 1.54) is 84.3 Å². The summed E-state index contributed by atoms with van der Waals surface area (Å²) in [6, 6.07) is 62.4. The molecule has 0 aliphatic carbocycles. The molecule has 50 heavy (non-hydrogen) atoms. The Bertz CT molecular complexity index is 3110. The Morgan fingerprint density at radius 2 is 1.02 bits per heavy atom. The van der Waals surface area contributed by atoms with Crippen molar-refractivity contribution in [3.63, 3.8) is 0 Å². The van der Waals surface area contributed by atoms with E-state index in [9.17, 15) is 0 Å². The fourth-order valence-electron chi connectivity index (χ4n) is 7.92. The van der Waals surface area contributed by atoms with Crippen LogP contribution in [0.5, 0.6) is 0 Å². The molecular formula is C46H28N2S2. The lowest BCUT2D eigenvalue weighted by molar-refractivity contribution is 1.18. The van der Waals surface area contributed by atoms with Crippen molar-refractivity contribution >= 4 is 113 Å². The van der Waals surface area contributed by atoms with Crippen molar-refractivity contribution in [1.29, 1.82) is 0 Å². The van der Waals surface area contributed by atoms with Gasteiger partial charge in [-0.05, 0) is 77.5 Å².